The highest BCUT2D eigenvalue weighted by atomic mass is 16.3. The van der Waals surface area contributed by atoms with Crippen molar-refractivity contribution in [3.05, 3.63) is 23.8 Å². The highest BCUT2D eigenvalue weighted by Gasteiger charge is 2.68. The summed E-state index contributed by atoms with van der Waals surface area (Å²) in [6.45, 7) is 8.85. The van der Waals surface area contributed by atoms with Crippen LogP contribution in [-0.2, 0) is 9.59 Å². The highest BCUT2D eigenvalue weighted by molar-refractivity contribution is 6.01. The SMILES string of the molecule is CCN(CC)C(O)C(=O)[C@@]1(O)CC[C@H]2[C@@H]3CCC4=CC(=O)C=C[C@]4(C)[C@H]3[C@@H](O)C[C@@]21C. The van der Waals surface area contributed by atoms with Gasteiger partial charge in [-0.15, -0.1) is 0 Å². The maximum absolute atomic E-state index is 13.4. The number of fused-ring (bicyclic) bond motifs is 5. The van der Waals surface area contributed by atoms with Gasteiger partial charge in [-0.05, 0) is 69.2 Å². The van der Waals surface area contributed by atoms with Gasteiger partial charge in [0.25, 0.3) is 0 Å². The van der Waals surface area contributed by atoms with Crippen LogP contribution in [0.4, 0.5) is 0 Å². The number of carbonyl (C=O) groups is 2. The molecule has 172 valence electrons. The fourth-order valence-electron chi connectivity index (χ4n) is 7.68. The number of nitrogens with zero attached hydrogens (tertiary/aromatic N) is 1. The number of hydrogen-bond donors (Lipinski definition) is 3. The smallest absolute Gasteiger partial charge is 0.208 e. The third kappa shape index (κ3) is 3.05. The van der Waals surface area contributed by atoms with E-state index in [0.29, 0.717) is 32.4 Å². The van der Waals surface area contributed by atoms with Crippen molar-refractivity contribution in [1.29, 1.82) is 0 Å². The normalized spacial score (nSPS) is 45.0. The first-order valence-corrected chi connectivity index (χ1v) is 11.8. The van der Waals surface area contributed by atoms with Crippen LogP contribution < -0.4 is 0 Å². The summed E-state index contributed by atoms with van der Waals surface area (Å²) >= 11 is 0. The number of allylic oxidation sites excluding steroid dienone is 4. The van der Waals surface area contributed by atoms with Gasteiger partial charge in [-0.25, -0.2) is 0 Å². The Morgan fingerprint density at radius 1 is 1.26 bits per heavy atom. The average molecular weight is 432 g/mol. The Bertz CT molecular complexity index is 832. The molecular formula is C25H37NO5. The number of likely N-dealkylation sites (N-methyl/N-ethyl adjacent to an activating group) is 1. The molecule has 3 fully saturated rings. The van der Waals surface area contributed by atoms with Gasteiger partial charge in [0.05, 0.1) is 6.10 Å². The molecule has 4 aliphatic carbocycles. The Kier molecular flexibility index (Phi) is 5.61. The van der Waals surface area contributed by atoms with Crippen LogP contribution in [0.5, 0.6) is 0 Å². The van der Waals surface area contributed by atoms with Gasteiger partial charge in [-0.3, -0.25) is 14.5 Å². The van der Waals surface area contributed by atoms with Crippen LogP contribution in [0.15, 0.2) is 23.8 Å². The zero-order valence-electron chi connectivity index (χ0n) is 19.2. The Balaban J connectivity index is 1.68. The summed E-state index contributed by atoms with van der Waals surface area (Å²) in [5, 5.41) is 33.9. The molecule has 0 aromatic heterocycles. The van der Waals surface area contributed by atoms with Gasteiger partial charge in [0.1, 0.15) is 5.60 Å². The molecule has 3 saturated carbocycles. The van der Waals surface area contributed by atoms with E-state index >= 15 is 0 Å². The van der Waals surface area contributed by atoms with Crippen LogP contribution in [-0.4, -0.2) is 62.8 Å². The molecule has 4 rings (SSSR count). The Hall–Kier alpha value is -1.34. The fraction of sp³-hybridized carbons (Fsp3) is 0.760. The summed E-state index contributed by atoms with van der Waals surface area (Å²) < 4.78 is 0. The summed E-state index contributed by atoms with van der Waals surface area (Å²) in [6.07, 6.45) is 6.24. The molecule has 8 atom stereocenters. The number of aliphatic hydroxyl groups excluding tert-OH is 2. The molecule has 0 saturated heterocycles. The van der Waals surface area contributed by atoms with E-state index in [-0.39, 0.29) is 29.0 Å². The van der Waals surface area contributed by atoms with Crippen molar-refractivity contribution in [2.75, 3.05) is 13.1 Å². The van der Waals surface area contributed by atoms with Crippen molar-refractivity contribution in [3.8, 4) is 0 Å². The van der Waals surface area contributed by atoms with E-state index in [1.54, 1.807) is 17.1 Å². The molecule has 31 heavy (non-hydrogen) atoms. The van der Waals surface area contributed by atoms with E-state index in [9.17, 15) is 24.9 Å². The predicted molar refractivity (Wildman–Crippen MR) is 117 cm³/mol. The third-order valence-electron chi connectivity index (χ3n) is 9.45. The molecule has 0 bridgehead atoms. The van der Waals surface area contributed by atoms with Gasteiger partial charge >= 0.3 is 0 Å². The largest absolute Gasteiger partial charge is 0.393 e. The summed E-state index contributed by atoms with van der Waals surface area (Å²) in [5.41, 5.74) is -1.72. The Morgan fingerprint density at radius 2 is 1.94 bits per heavy atom. The Labute approximate surface area is 185 Å². The summed E-state index contributed by atoms with van der Waals surface area (Å²) in [4.78, 5) is 27.0. The minimum atomic E-state index is -1.65. The maximum atomic E-state index is 13.4. The molecule has 0 aromatic rings. The number of carbonyl (C=O) groups excluding carboxylic acids is 2. The van der Waals surface area contributed by atoms with Crippen LogP contribution in [0.1, 0.15) is 59.8 Å². The molecule has 6 heteroatoms. The molecule has 3 N–H and O–H groups in total. The van der Waals surface area contributed by atoms with Crippen molar-refractivity contribution >= 4 is 11.6 Å². The summed E-state index contributed by atoms with van der Waals surface area (Å²) in [7, 11) is 0. The van der Waals surface area contributed by atoms with Crippen LogP contribution in [0, 0.1) is 28.6 Å². The molecule has 0 spiro atoms. The lowest BCUT2D eigenvalue weighted by Crippen LogP contribution is -2.64. The summed E-state index contributed by atoms with van der Waals surface area (Å²) in [5.74, 6) is -0.325. The molecule has 0 heterocycles. The van der Waals surface area contributed by atoms with Crippen molar-refractivity contribution in [2.24, 2.45) is 28.6 Å². The van der Waals surface area contributed by atoms with Gasteiger partial charge in [0.2, 0.25) is 5.78 Å². The molecule has 4 aliphatic rings. The Morgan fingerprint density at radius 3 is 2.58 bits per heavy atom. The zero-order valence-corrected chi connectivity index (χ0v) is 19.2. The monoisotopic (exact) mass is 431 g/mol. The maximum Gasteiger partial charge on any atom is 0.208 e. The number of rotatable bonds is 5. The predicted octanol–water partition coefficient (Wildman–Crippen LogP) is 2.23. The van der Waals surface area contributed by atoms with Gasteiger partial charge in [-0.2, -0.15) is 0 Å². The van der Waals surface area contributed by atoms with E-state index in [1.165, 1.54) is 0 Å². The molecule has 0 aromatic carbocycles. The van der Waals surface area contributed by atoms with E-state index in [4.69, 9.17) is 0 Å². The average Bonchev–Trinajstić information content (AvgIpc) is 3.00. The summed E-state index contributed by atoms with van der Waals surface area (Å²) in [6, 6.07) is 0. The number of aliphatic hydroxyl groups is 3. The zero-order chi connectivity index (χ0) is 22.8. The van der Waals surface area contributed by atoms with Crippen LogP contribution in [0.3, 0.4) is 0 Å². The molecule has 1 unspecified atom stereocenters. The van der Waals surface area contributed by atoms with E-state index in [0.717, 1.165) is 18.4 Å². The quantitative estimate of drug-likeness (QED) is 0.578. The van der Waals surface area contributed by atoms with Crippen molar-refractivity contribution in [2.45, 2.75) is 77.7 Å². The highest BCUT2D eigenvalue weighted by Crippen LogP contribution is 2.67. The second-order valence-electron chi connectivity index (χ2n) is 10.6. The minimum Gasteiger partial charge on any atom is -0.393 e. The number of ketones is 2. The van der Waals surface area contributed by atoms with Gasteiger partial charge < -0.3 is 15.3 Å². The fourth-order valence-corrected chi connectivity index (χ4v) is 7.68. The van der Waals surface area contributed by atoms with Crippen molar-refractivity contribution in [1.82, 2.24) is 4.90 Å². The van der Waals surface area contributed by atoms with Gasteiger partial charge in [0, 0.05) is 16.7 Å². The van der Waals surface area contributed by atoms with Crippen molar-refractivity contribution in [3.63, 3.8) is 0 Å². The third-order valence-corrected chi connectivity index (χ3v) is 9.45. The second kappa shape index (κ2) is 7.62. The molecule has 0 amide bonds. The van der Waals surface area contributed by atoms with Crippen LogP contribution in [0.25, 0.3) is 0 Å². The molecule has 0 aliphatic heterocycles. The molecule has 6 nitrogen and oxygen atoms in total. The number of hydrogen-bond acceptors (Lipinski definition) is 6. The standard InChI is InChI=1S/C25H37NO5/c1-5-26(6-2)22(30)21(29)25(31)12-10-18-17-8-7-15-13-16(27)9-11-23(15,3)20(17)19(28)14-24(18,25)4/h9,11,13,17-20,22,28,30-31H,5-8,10,12,14H2,1-4H3/t17-,18-,19-,20+,22?,23-,24-,25-/m0/s1. The van der Waals surface area contributed by atoms with E-state index < -0.39 is 29.1 Å². The van der Waals surface area contributed by atoms with Crippen LogP contribution >= 0.6 is 0 Å². The first-order valence-electron chi connectivity index (χ1n) is 11.8. The first-order chi connectivity index (χ1) is 14.5. The molecule has 0 radical (unpaired) electrons. The number of Topliss-reactive ketones (excluding diaryl/α,β-unsaturated/α-hetero) is 1. The van der Waals surface area contributed by atoms with Gasteiger partial charge in [0.15, 0.2) is 12.0 Å². The minimum absolute atomic E-state index is 0.00675. The van der Waals surface area contributed by atoms with Gasteiger partial charge in [-0.1, -0.05) is 39.3 Å². The lowest BCUT2D eigenvalue weighted by molar-refractivity contribution is -0.188. The first kappa shape index (κ1) is 22.8. The van der Waals surface area contributed by atoms with Crippen LogP contribution in [0.2, 0.25) is 0 Å². The molecular weight excluding hydrogens is 394 g/mol. The topological polar surface area (TPSA) is 98.1 Å². The lowest BCUT2D eigenvalue weighted by atomic mass is 9.46. The van der Waals surface area contributed by atoms with E-state index in [2.05, 4.69) is 6.92 Å². The lowest BCUT2D eigenvalue weighted by Gasteiger charge is -2.59. The van der Waals surface area contributed by atoms with E-state index in [1.807, 2.05) is 26.8 Å². The van der Waals surface area contributed by atoms with Crippen molar-refractivity contribution < 1.29 is 24.9 Å². The second-order valence-corrected chi connectivity index (χ2v) is 10.6.